The number of rotatable bonds is 3. The molecule has 128 valence electrons. The van der Waals surface area contributed by atoms with Gasteiger partial charge in [-0.1, -0.05) is 0 Å². The molecule has 0 radical (unpaired) electrons. The fourth-order valence-electron chi connectivity index (χ4n) is 2.66. The molecule has 2 rings (SSSR count). The number of hydrogen-bond donors (Lipinski definition) is 1. The zero-order valence-corrected chi connectivity index (χ0v) is 14.4. The lowest BCUT2D eigenvalue weighted by molar-refractivity contribution is 0.0494. The number of aromatic nitrogens is 2. The van der Waals surface area contributed by atoms with E-state index in [0.29, 0.717) is 24.7 Å². The minimum absolute atomic E-state index is 0.0548. The van der Waals surface area contributed by atoms with Crippen molar-refractivity contribution in [3.63, 3.8) is 0 Å². The first-order valence-corrected chi connectivity index (χ1v) is 7.89. The van der Waals surface area contributed by atoms with E-state index < -0.39 is 17.5 Å². The number of nitrogens with one attached hydrogen (secondary N) is 1. The number of ether oxygens (including phenoxy) is 1. The van der Waals surface area contributed by atoms with Crippen LogP contribution >= 0.6 is 0 Å². The Balaban J connectivity index is 1.94. The predicted molar refractivity (Wildman–Crippen MR) is 85.9 cm³/mol. The lowest BCUT2D eigenvalue weighted by Gasteiger charge is -2.25. The van der Waals surface area contributed by atoms with Crippen LogP contribution in [0.1, 0.15) is 39.9 Å². The number of hydrogen-bond acceptors (Lipinski definition) is 5. The molecule has 2 atom stereocenters. The summed E-state index contributed by atoms with van der Waals surface area (Å²) in [6.45, 7) is 10.5. The number of carbonyl (C=O) groups is 1. The van der Waals surface area contributed by atoms with Crippen LogP contribution in [0, 0.1) is 18.7 Å². The molecule has 1 aromatic rings. The van der Waals surface area contributed by atoms with E-state index >= 15 is 0 Å². The molecule has 0 spiro atoms. The molecule has 1 saturated heterocycles. The van der Waals surface area contributed by atoms with E-state index in [2.05, 4.69) is 15.3 Å². The van der Waals surface area contributed by atoms with Crippen LogP contribution in [0.25, 0.3) is 0 Å². The van der Waals surface area contributed by atoms with E-state index in [9.17, 15) is 9.18 Å². The van der Waals surface area contributed by atoms with Gasteiger partial charge in [-0.05, 0) is 47.0 Å². The number of anilines is 1. The van der Waals surface area contributed by atoms with E-state index in [1.165, 1.54) is 6.20 Å². The van der Waals surface area contributed by atoms with Crippen molar-refractivity contribution in [3.8, 4) is 0 Å². The van der Waals surface area contributed by atoms with Gasteiger partial charge in [-0.25, -0.2) is 19.2 Å². The van der Waals surface area contributed by atoms with Crippen LogP contribution in [0.15, 0.2) is 6.20 Å². The van der Waals surface area contributed by atoms with E-state index in [4.69, 9.17) is 4.74 Å². The van der Waals surface area contributed by atoms with Gasteiger partial charge in [-0.2, -0.15) is 0 Å². The van der Waals surface area contributed by atoms with Gasteiger partial charge in [0.05, 0.1) is 6.20 Å². The molecule has 0 bridgehead atoms. The van der Waals surface area contributed by atoms with Crippen LogP contribution in [0.5, 0.6) is 0 Å². The number of nitrogens with zero attached hydrogens (tertiary/aromatic N) is 3. The van der Waals surface area contributed by atoms with Crippen LogP contribution in [0.3, 0.4) is 0 Å². The molecule has 23 heavy (non-hydrogen) atoms. The average Bonchev–Trinajstić information content (AvgIpc) is 2.88. The maximum atomic E-state index is 13.9. The molecule has 0 aliphatic carbocycles. The van der Waals surface area contributed by atoms with E-state index in [1.54, 1.807) is 6.92 Å². The Labute approximate surface area is 136 Å². The van der Waals surface area contributed by atoms with E-state index in [1.807, 2.05) is 32.6 Å². The third-order valence-electron chi connectivity index (χ3n) is 3.82. The first kappa shape index (κ1) is 17.4. The summed E-state index contributed by atoms with van der Waals surface area (Å²) in [6, 6.07) is -0.0548. The number of aryl methyl sites for hydroxylation is 1. The number of carbonyl (C=O) groups excluding carboxylic acids is 1. The number of halogens is 1. The lowest BCUT2D eigenvalue weighted by atomic mass is 10.0. The van der Waals surface area contributed by atoms with Crippen LogP contribution < -0.4 is 10.2 Å². The van der Waals surface area contributed by atoms with E-state index in [-0.39, 0.29) is 12.0 Å². The second-order valence-corrected chi connectivity index (χ2v) is 7.02. The van der Waals surface area contributed by atoms with E-state index in [0.717, 1.165) is 6.42 Å². The predicted octanol–water partition coefficient (Wildman–Crippen LogP) is 2.66. The fraction of sp³-hybridized carbons (Fsp3) is 0.688. The Hall–Kier alpha value is -1.92. The Kier molecular flexibility index (Phi) is 5.06. The van der Waals surface area contributed by atoms with Gasteiger partial charge >= 0.3 is 6.09 Å². The van der Waals surface area contributed by atoms with Gasteiger partial charge in [0.25, 0.3) is 0 Å². The monoisotopic (exact) mass is 324 g/mol. The third kappa shape index (κ3) is 4.77. The fourth-order valence-corrected chi connectivity index (χ4v) is 2.66. The second kappa shape index (κ2) is 6.68. The SMILES string of the molecule is Cc1ncc(F)c(N2CCC([C@@H](C)NC(=O)OC(C)(C)C)C2)n1. The molecule has 1 aliphatic rings. The molecule has 6 nitrogen and oxygen atoms in total. The van der Waals surface area contributed by atoms with Crippen molar-refractivity contribution in [1.29, 1.82) is 0 Å². The Bertz CT molecular complexity index is 574. The molecular weight excluding hydrogens is 299 g/mol. The molecular formula is C16H25FN4O2. The summed E-state index contributed by atoms with van der Waals surface area (Å²) in [6.07, 6.45) is 1.64. The molecule has 1 aliphatic heterocycles. The summed E-state index contributed by atoms with van der Waals surface area (Å²) in [5.74, 6) is 0.690. The van der Waals surface area contributed by atoms with Crippen molar-refractivity contribution in [3.05, 3.63) is 17.8 Å². The largest absolute Gasteiger partial charge is 0.444 e. The first-order chi connectivity index (χ1) is 10.7. The van der Waals surface area contributed by atoms with Gasteiger partial charge in [-0.3, -0.25) is 0 Å². The van der Waals surface area contributed by atoms with Gasteiger partial charge in [0.2, 0.25) is 0 Å². The summed E-state index contributed by atoms with van der Waals surface area (Å²) in [5, 5.41) is 2.86. The Morgan fingerprint density at radius 3 is 2.87 bits per heavy atom. The topological polar surface area (TPSA) is 67.4 Å². The zero-order valence-electron chi connectivity index (χ0n) is 14.4. The van der Waals surface area contributed by atoms with Gasteiger partial charge in [0.15, 0.2) is 11.6 Å². The van der Waals surface area contributed by atoms with Crippen molar-refractivity contribution in [2.75, 3.05) is 18.0 Å². The summed E-state index contributed by atoms with van der Waals surface area (Å²) in [7, 11) is 0. The summed E-state index contributed by atoms with van der Waals surface area (Å²) in [4.78, 5) is 21.8. The standard InChI is InChI=1S/C16H25FN4O2/c1-10(19-15(22)23-16(3,4)5)12-6-7-21(9-12)14-13(17)8-18-11(2)20-14/h8,10,12H,6-7,9H2,1-5H3,(H,19,22)/t10-,12?/m1/s1. The van der Waals surface area contributed by atoms with Crippen LogP contribution in [-0.2, 0) is 4.74 Å². The minimum Gasteiger partial charge on any atom is -0.444 e. The molecule has 1 unspecified atom stereocenters. The summed E-state index contributed by atoms with van der Waals surface area (Å²) in [5.41, 5.74) is -0.521. The lowest BCUT2D eigenvalue weighted by Crippen LogP contribution is -2.42. The molecule has 1 aromatic heterocycles. The highest BCUT2D eigenvalue weighted by molar-refractivity contribution is 5.68. The van der Waals surface area contributed by atoms with Crippen LogP contribution in [-0.4, -0.2) is 40.8 Å². The molecule has 7 heteroatoms. The van der Waals surface area contributed by atoms with Crippen molar-refractivity contribution in [2.24, 2.45) is 5.92 Å². The Morgan fingerprint density at radius 2 is 2.22 bits per heavy atom. The van der Waals surface area contributed by atoms with Crippen molar-refractivity contribution in [2.45, 2.75) is 52.7 Å². The summed E-state index contributed by atoms with van der Waals surface area (Å²) >= 11 is 0. The van der Waals surface area contributed by atoms with Crippen LogP contribution in [0.4, 0.5) is 15.0 Å². The maximum Gasteiger partial charge on any atom is 0.407 e. The van der Waals surface area contributed by atoms with Gasteiger partial charge in [0, 0.05) is 19.1 Å². The van der Waals surface area contributed by atoms with Crippen LogP contribution in [0.2, 0.25) is 0 Å². The minimum atomic E-state index is -0.521. The quantitative estimate of drug-likeness (QED) is 0.926. The summed E-state index contributed by atoms with van der Waals surface area (Å²) < 4.78 is 19.2. The number of alkyl carbamates (subject to hydrolysis) is 1. The third-order valence-corrected chi connectivity index (χ3v) is 3.82. The van der Waals surface area contributed by atoms with Gasteiger partial charge in [-0.15, -0.1) is 0 Å². The van der Waals surface area contributed by atoms with Crippen molar-refractivity contribution < 1.29 is 13.9 Å². The smallest absolute Gasteiger partial charge is 0.407 e. The molecule has 1 fully saturated rings. The molecule has 1 N–H and O–H groups in total. The van der Waals surface area contributed by atoms with Crippen molar-refractivity contribution in [1.82, 2.24) is 15.3 Å². The Morgan fingerprint density at radius 1 is 1.52 bits per heavy atom. The molecule has 2 heterocycles. The highest BCUT2D eigenvalue weighted by atomic mass is 19.1. The number of amides is 1. The molecule has 0 saturated carbocycles. The van der Waals surface area contributed by atoms with Gasteiger partial charge < -0.3 is 15.0 Å². The highest BCUT2D eigenvalue weighted by Gasteiger charge is 2.31. The normalized spacial score (nSPS) is 19.6. The first-order valence-electron chi connectivity index (χ1n) is 7.89. The molecule has 0 aromatic carbocycles. The highest BCUT2D eigenvalue weighted by Crippen LogP contribution is 2.26. The maximum absolute atomic E-state index is 13.9. The molecule has 1 amide bonds. The van der Waals surface area contributed by atoms with Crippen molar-refractivity contribution >= 4 is 11.9 Å². The zero-order chi connectivity index (χ0) is 17.2. The average molecular weight is 324 g/mol. The van der Waals surface area contributed by atoms with Gasteiger partial charge in [0.1, 0.15) is 11.4 Å². The second-order valence-electron chi connectivity index (χ2n) is 7.02.